The van der Waals surface area contributed by atoms with Crippen LogP contribution >= 0.6 is 11.6 Å². The van der Waals surface area contributed by atoms with Gasteiger partial charge < -0.3 is 10.1 Å². The van der Waals surface area contributed by atoms with Crippen LogP contribution in [0.2, 0.25) is 5.02 Å². The maximum absolute atomic E-state index is 13.0. The van der Waals surface area contributed by atoms with E-state index in [1.165, 1.54) is 12.1 Å². The van der Waals surface area contributed by atoms with E-state index in [-0.39, 0.29) is 34.6 Å². The van der Waals surface area contributed by atoms with Gasteiger partial charge >= 0.3 is 5.97 Å². The van der Waals surface area contributed by atoms with Crippen molar-refractivity contribution in [2.75, 3.05) is 23.4 Å². The molecule has 1 aromatic carbocycles. The van der Waals surface area contributed by atoms with Crippen molar-refractivity contribution < 1.29 is 27.1 Å². The molecule has 23 heavy (non-hydrogen) atoms. The van der Waals surface area contributed by atoms with E-state index in [0.717, 1.165) is 6.07 Å². The van der Waals surface area contributed by atoms with Gasteiger partial charge in [-0.1, -0.05) is 11.6 Å². The van der Waals surface area contributed by atoms with Gasteiger partial charge in [-0.15, -0.1) is 0 Å². The first kappa shape index (κ1) is 17.7. The van der Waals surface area contributed by atoms with E-state index in [0.29, 0.717) is 6.42 Å². The molecule has 0 spiro atoms. The Morgan fingerprint density at radius 3 is 2.74 bits per heavy atom. The van der Waals surface area contributed by atoms with Gasteiger partial charge in [0.25, 0.3) is 5.91 Å². The third-order valence-electron chi connectivity index (χ3n) is 3.35. The molecule has 0 saturated carbocycles. The Balaban J connectivity index is 1.75. The highest BCUT2D eigenvalue weighted by Gasteiger charge is 2.29. The normalized spacial score (nSPS) is 19.3. The highest BCUT2D eigenvalue weighted by molar-refractivity contribution is 7.91. The molecule has 126 valence electrons. The molecule has 2 rings (SSSR count). The number of hydrogen-bond acceptors (Lipinski definition) is 5. The number of benzene rings is 1. The van der Waals surface area contributed by atoms with Gasteiger partial charge in [0.2, 0.25) is 0 Å². The predicted molar refractivity (Wildman–Crippen MR) is 82.4 cm³/mol. The number of halogens is 2. The van der Waals surface area contributed by atoms with E-state index >= 15 is 0 Å². The number of hydrogen-bond donors (Lipinski definition) is 1. The molecule has 1 aromatic rings. The third-order valence-corrected chi connectivity index (χ3v) is 5.48. The predicted octanol–water partition coefficient (Wildman–Crippen LogP) is 1.79. The van der Waals surface area contributed by atoms with Crippen molar-refractivity contribution in [3.05, 3.63) is 29.0 Å². The fourth-order valence-electron chi connectivity index (χ4n) is 2.24. The number of esters is 1. The molecular weight excluding hydrogens is 349 g/mol. The molecule has 9 heteroatoms. The summed E-state index contributed by atoms with van der Waals surface area (Å²) in [5, 5.41) is 2.27. The smallest absolute Gasteiger partial charge is 0.306 e. The summed E-state index contributed by atoms with van der Waals surface area (Å²) < 4.78 is 40.4. The highest BCUT2D eigenvalue weighted by atomic mass is 35.5. The molecule has 1 N–H and O–H groups in total. The molecule has 1 saturated heterocycles. The monoisotopic (exact) mass is 363 g/mol. The lowest BCUT2D eigenvalue weighted by atomic mass is 10.1. The Labute approximate surface area is 137 Å². The van der Waals surface area contributed by atoms with Crippen LogP contribution in [0.15, 0.2) is 18.2 Å². The SMILES string of the molecule is O=C(COC(=O)C[C@@H]1CCS(=O)(=O)C1)Nc1ccc(F)c(Cl)c1. The number of carbonyl (C=O) groups excluding carboxylic acids is 2. The number of ether oxygens (including phenoxy) is 1. The number of anilines is 1. The lowest BCUT2D eigenvalue weighted by molar-refractivity contribution is -0.148. The Morgan fingerprint density at radius 1 is 1.39 bits per heavy atom. The molecular formula is C14H15ClFNO5S. The molecule has 6 nitrogen and oxygen atoms in total. The van der Waals surface area contributed by atoms with Crippen molar-refractivity contribution in [3.8, 4) is 0 Å². The van der Waals surface area contributed by atoms with Gasteiger partial charge in [0, 0.05) is 12.1 Å². The Kier molecular flexibility index (Phi) is 5.59. The molecule has 0 bridgehead atoms. The van der Waals surface area contributed by atoms with E-state index in [2.05, 4.69) is 5.32 Å². The van der Waals surface area contributed by atoms with Crippen molar-refractivity contribution in [2.45, 2.75) is 12.8 Å². The van der Waals surface area contributed by atoms with E-state index in [1.54, 1.807) is 0 Å². The summed E-state index contributed by atoms with van der Waals surface area (Å²) in [6.45, 7) is -0.507. The zero-order valence-corrected chi connectivity index (χ0v) is 13.6. The van der Waals surface area contributed by atoms with E-state index < -0.39 is 34.1 Å². The minimum Gasteiger partial charge on any atom is -0.456 e. The molecule has 1 atom stereocenters. The van der Waals surface area contributed by atoms with Crippen molar-refractivity contribution in [3.63, 3.8) is 0 Å². The molecule has 0 unspecified atom stereocenters. The quantitative estimate of drug-likeness (QED) is 0.805. The molecule has 1 heterocycles. The van der Waals surface area contributed by atoms with Crippen LogP contribution in [0.3, 0.4) is 0 Å². The number of carbonyl (C=O) groups is 2. The van der Waals surface area contributed by atoms with Gasteiger partial charge in [-0.25, -0.2) is 12.8 Å². The Bertz CT molecular complexity index is 722. The van der Waals surface area contributed by atoms with Gasteiger partial charge in [-0.05, 0) is 30.5 Å². The zero-order valence-electron chi connectivity index (χ0n) is 12.1. The van der Waals surface area contributed by atoms with Crippen LogP contribution in [-0.2, 0) is 24.2 Å². The van der Waals surface area contributed by atoms with Crippen molar-refractivity contribution >= 4 is 39.0 Å². The molecule has 1 amide bonds. The highest BCUT2D eigenvalue weighted by Crippen LogP contribution is 2.22. The lowest BCUT2D eigenvalue weighted by Crippen LogP contribution is -2.22. The topological polar surface area (TPSA) is 89.5 Å². The van der Waals surface area contributed by atoms with Crippen molar-refractivity contribution in [2.24, 2.45) is 5.92 Å². The van der Waals surface area contributed by atoms with Crippen molar-refractivity contribution in [1.82, 2.24) is 0 Å². The Hall–Kier alpha value is -1.67. The molecule has 1 aliphatic rings. The van der Waals surface area contributed by atoms with Gasteiger partial charge in [0.05, 0.1) is 16.5 Å². The van der Waals surface area contributed by atoms with E-state index in [9.17, 15) is 22.4 Å². The number of rotatable bonds is 5. The number of sulfone groups is 1. The second-order valence-corrected chi connectivity index (χ2v) is 7.95. The largest absolute Gasteiger partial charge is 0.456 e. The number of nitrogens with one attached hydrogen (secondary N) is 1. The average molecular weight is 364 g/mol. The van der Waals surface area contributed by atoms with Crippen LogP contribution in [0.25, 0.3) is 0 Å². The Morgan fingerprint density at radius 2 is 2.13 bits per heavy atom. The van der Waals surface area contributed by atoms with Gasteiger partial charge in [-0.2, -0.15) is 0 Å². The van der Waals surface area contributed by atoms with E-state index in [1.807, 2.05) is 0 Å². The standard InChI is InChI=1S/C14H15ClFNO5S/c15-11-6-10(1-2-12(11)16)17-13(18)7-22-14(19)5-9-3-4-23(20,21)8-9/h1-2,6,9H,3-5,7-8H2,(H,17,18)/t9-/m0/s1. The first-order valence-electron chi connectivity index (χ1n) is 6.86. The van der Waals surface area contributed by atoms with Crippen LogP contribution in [0.4, 0.5) is 10.1 Å². The summed E-state index contributed by atoms with van der Waals surface area (Å²) in [5.74, 6) is -2.03. The van der Waals surface area contributed by atoms with Gasteiger partial charge in [0.1, 0.15) is 5.82 Å². The summed E-state index contributed by atoms with van der Waals surface area (Å²) in [7, 11) is -3.05. The first-order valence-corrected chi connectivity index (χ1v) is 9.06. The van der Waals surface area contributed by atoms with Gasteiger partial charge in [-0.3, -0.25) is 9.59 Å². The molecule has 1 aliphatic heterocycles. The minimum atomic E-state index is -3.05. The minimum absolute atomic E-state index is 0.0254. The first-order chi connectivity index (χ1) is 10.7. The van der Waals surface area contributed by atoms with Crippen LogP contribution < -0.4 is 5.32 Å². The van der Waals surface area contributed by atoms with Crippen LogP contribution in [-0.4, -0.2) is 38.4 Å². The molecule has 1 fully saturated rings. The van der Waals surface area contributed by atoms with Crippen LogP contribution in [0, 0.1) is 11.7 Å². The zero-order chi connectivity index (χ0) is 17.0. The summed E-state index contributed by atoms with van der Waals surface area (Å²) in [6.07, 6.45) is 0.395. The fourth-order valence-corrected chi connectivity index (χ4v) is 4.29. The summed E-state index contributed by atoms with van der Waals surface area (Å²) in [6, 6.07) is 3.66. The van der Waals surface area contributed by atoms with Crippen LogP contribution in [0.1, 0.15) is 12.8 Å². The average Bonchev–Trinajstić information content (AvgIpc) is 2.80. The second-order valence-electron chi connectivity index (χ2n) is 5.31. The fraction of sp³-hybridized carbons (Fsp3) is 0.429. The van der Waals surface area contributed by atoms with Gasteiger partial charge in [0.15, 0.2) is 16.4 Å². The summed E-state index contributed by atoms with van der Waals surface area (Å²) >= 11 is 5.58. The second kappa shape index (κ2) is 7.27. The third kappa shape index (κ3) is 5.47. The summed E-state index contributed by atoms with van der Waals surface area (Å²) in [5.41, 5.74) is 0.277. The molecule has 0 radical (unpaired) electrons. The molecule has 0 aromatic heterocycles. The van der Waals surface area contributed by atoms with Crippen molar-refractivity contribution in [1.29, 1.82) is 0 Å². The maximum Gasteiger partial charge on any atom is 0.306 e. The summed E-state index contributed by atoms with van der Waals surface area (Å²) in [4.78, 5) is 23.2. The maximum atomic E-state index is 13.0. The molecule has 0 aliphatic carbocycles. The van der Waals surface area contributed by atoms with E-state index in [4.69, 9.17) is 16.3 Å². The van der Waals surface area contributed by atoms with Crippen LogP contribution in [0.5, 0.6) is 0 Å². The number of amides is 1. The lowest BCUT2D eigenvalue weighted by Gasteiger charge is -2.09.